The first-order valence-corrected chi connectivity index (χ1v) is 8.13. The first-order valence-electron chi connectivity index (χ1n) is 5.99. The Hall–Kier alpha value is -1.10. The van der Waals surface area contributed by atoms with Gasteiger partial charge < -0.3 is 5.32 Å². The Morgan fingerprint density at radius 1 is 1.26 bits per heavy atom. The van der Waals surface area contributed by atoms with E-state index >= 15 is 0 Å². The van der Waals surface area contributed by atoms with Crippen LogP contribution in [0.5, 0.6) is 0 Å². The molecule has 0 spiro atoms. The molecule has 1 atom stereocenters. The summed E-state index contributed by atoms with van der Waals surface area (Å²) < 4.78 is 1.15. The molecule has 19 heavy (non-hydrogen) atoms. The van der Waals surface area contributed by atoms with E-state index in [9.17, 15) is 0 Å². The average Bonchev–Trinajstić information content (AvgIpc) is 3.01. The smallest absolute Gasteiger partial charge is 0.106 e. The molecule has 0 radical (unpaired) electrons. The standard InChI is InChI=1S/C14H13ClN2S2/c1-8-5-6-18-14(8)9(2)17-12-10(15)3-4-11-13(12)16-7-19-11/h3-7,9,17H,1-2H3. The minimum absolute atomic E-state index is 0.227. The van der Waals surface area contributed by atoms with Crippen LogP contribution in [-0.4, -0.2) is 4.98 Å². The van der Waals surface area contributed by atoms with Gasteiger partial charge in [0, 0.05) is 4.88 Å². The van der Waals surface area contributed by atoms with E-state index in [1.807, 2.05) is 17.6 Å². The maximum absolute atomic E-state index is 6.31. The van der Waals surface area contributed by atoms with Gasteiger partial charge in [-0.15, -0.1) is 22.7 Å². The van der Waals surface area contributed by atoms with E-state index in [0.717, 1.165) is 20.9 Å². The highest BCUT2D eigenvalue weighted by molar-refractivity contribution is 7.16. The molecule has 1 unspecified atom stereocenters. The lowest BCUT2D eigenvalue weighted by atomic mass is 10.1. The van der Waals surface area contributed by atoms with Gasteiger partial charge >= 0.3 is 0 Å². The van der Waals surface area contributed by atoms with Crippen molar-refractivity contribution in [3.05, 3.63) is 44.6 Å². The Balaban J connectivity index is 1.99. The normalized spacial score (nSPS) is 12.8. The number of rotatable bonds is 3. The van der Waals surface area contributed by atoms with Gasteiger partial charge in [-0.1, -0.05) is 11.6 Å². The SMILES string of the molecule is Cc1ccsc1C(C)Nc1c(Cl)ccc2scnc12. The average molecular weight is 309 g/mol. The van der Waals surface area contributed by atoms with Gasteiger partial charge in [0.2, 0.25) is 0 Å². The van der Waals surface area contributed by atoms with Crippen molar-refractivity contribution in [1.82, 2.24) is 4.98 Å². The number of nitrogens with one attached hydrogen (secondary N) is 1. The van der Waals surface area contributed by atoms with Crippen molar-refractivity contribution < 1.29 is 0 Å². The molecule has 0 aliphatic rings. The number of nitrogens with zero attached hydrogens (tertiary/aromatic N) is 1. The Morgan fingerprint density at radius 2 is 2.11 bits per heavy atom. The fraction of sp³-hybridized carbons (Fsp3) is 0.214. The molecule has 3 aromatic rings. The van der Waals surface area contributed by atoms with Gasteiger partial charge in [-0.3, -0.25) is 0 Å². The summed E-state index contributed by atoms with van der Waals surface area (Å²) in [6, 6.07) is 6.31. The Morgan fingerprint density at radius 3 is 2.84 bits per heavy atom. The van der Waals surface area contributed by atoms with Crippen LogP contribution in [0, 0.1) is 6.92 Å². The summed E-state index contributed by atoms with van der Waals surface area (Å²) in [6.07, 6.45) is 0. The number of benzene rings is 1. The van der Waals surface area contributed by atoms with Crippen LogP contribution in [0.2, 0.25) is 5.02 Å². The van der Waals surface area contributed by atoms with Crippen molar-refractivity contribution in [3.8, 4) is 0 Å². The summed E-state index contributed by atoms with van der Waals surface area (Å²) >= 11 is 9.71. The molecule has 0 aliphatic carbocycles. The third kappa shape index (κ3) is 2.36. The van der Waals surface area contributed by atoms with Crippen LogP contribution in [0.15, 0.2) is 29.1 Å². The minimum Gasteiger partial charge on any atom is -0.375 e. The van der Waals surface area contributed by atoms with Gasteiger partial charge in [0.05, 0.1) is 27.0 Å². The lowest BCUT2D eigenvalue weighted by molar-refractivity contribution is 0.901. The van der Waals surface area contributed by atoms with E-state index in [1.54, 1.807) is 22.7 Å². The zero-order valence-electron chi connectivity index (χ0n) is 10.6. The van der Waals surface area contributed by atoms with Gasteiger partial charge in [-0.05, 0) is 43.0 Å². The number of hydrogen-bond donors (Lipinski definition) is 1. The molecule has 2 nitrogen and oxygen atoms in total. The molecule has 1 aromatic carbocycles. The minimum atomic E-state index is 0.227. The Labute approximate surface area is 125 Å². The lowest BCUT2D eigenvalue weighted by Gasteiger charge is -2.16. The number of hydrogen-bond acceptors (Lipinski definition) is 4. The van der Waals surface area contributed by atoms with Gasteiger partial charge in [-0.2, -0.15) is 0 Å². The van der Waals surface area contributed by atoms with E-state index in [0.29, 0.717) is 0 Å². The third-order valence-corrected chi connectivity index (χ3v) is 5.42. The van der Waals surface area contributed by atoms with E-state index < -0.39 is 0 Å². The quantitative estimate of drug-likeness (QED) is 0.691. The molecule has 0 bridgehead atoms. The molecule has 0 amide bonds. The molecule has 0 aliphatic heterocycles. The van der Waals surface area contributed by atoms with E-state index in [1.165, 1.54) is 10.4 Å². The third-order valence-electron chi connectivity index (χ3n) is 3.11. The summed E-state index contributed by atoms with van der Waals surface area (Å²) in [5.74, 6) is 0. The van der Waals surface area contributed by atoms with Crippen molar-refractivity contribution in [3.63, 3.8) is 0 Å². The Bertz CT molecular complexity index is 717. The monoisotopic (exact) mass is 308 g/mol. The molecule has 2 aromatic heterocycles. The van der Waals surface area contributed by atoms with Gasteiger partial charge in [0.15, 0.2) is 0 Å². The molecular formula is C14H13ClN2S2. The van der Waals surface area contributed by atoms with Crippen molar-refractivity contribution in [2.75, 3.05) is 5.32 Å². The highest BCUT2D eigenvalue weighted by Gasteiger charge is 2.14. The second-order valence-electron chi connectivity index (χ2n) is 4.46. The van der Waals surface area contributed by atoms with Crippen molar-refractivity contribution in [2.24, 2.45) is 0 Å². The predicted octanol–water partition coefficient (Wildman–Crippen LogP) is 5.49. The van der Waals surface area contributed by atoms with E-state index in [2.05, 4.69) is 35.6 Å². The largest absolute Gasteiger partial charge is 0.375 e. The fourth-order valence-corrected chi connectivity index (χ4v) is 3.98. The summed E-state index contributed by atoms with van der Waals surface area (Å²) in [5.41, 5.74) is 5.05. The molecule has 0 saturated carbocycles. The van der Waals surface area contributed by atoms with Crippen LogP contribution in [0.1, 0.15) is 23.4 Å². The van der Waals surface area contributed by atoms with Crippen molar-refractivity contribution in [2.45, 2.75) is 19.9 Å². The van der Waals surface area contributed by atoms with Crippen LogP contribution in [0.25, 0.3) is 10.2 Å². The number of thiazole rings is 1. The summed E-state index contributed by atoms with van der Waals surface area (Å²) in [4.78, 5) is 5.75. The summed E-state index contributed by atoms with van der Waals surface area (Å²) in [6.45, 7) is 4.29. The van der Waals surface area contributed by atoms with E-state index in [4.69, 9.17) is 11.6 Å². The molecule has 2 heterocycles. The van der Waals surface area contributed by atoms with Crippen molar-refractivity contribution in [1.29, 1.82) is 0 Å². The van der Waals surface area contributed by atoms with Crippen LogP contribution in [-0.2, 0) is 0 Å². The highest BCUT2D eigenvalue weighted by Crippen LogP contribution is 2.35. The molecule has 5 heteroatoms. The first kappa shape index (κ1) is 12.9. The van der Waals surface area contributed by atoms with Crippen LogP contribution < -0.4 is 5.32 Å². The number of halogens is 1. The maximum Gasteiger partial charge on any atom is 0.106 e. The first-order chi connectivity index (χ1) is 9.16. The molecule has 1 N–H and O–H groups in total. The lowest BCUT2D eigenvalue weighted by Crippen LogP contribution is -2.07. The van der Waals surface area contributed by atoms with Crippen LogP contribution >= 0.6 is 34.3 Å². The summed E-state index contributed by atoms with van der Waals surface area (Å²) in [5, 5.41) is 6.35. The molecule has 0 fully saturated rings. The van der Waals surface area contributed by atoms with Gasteiger partial charge in [-0.25, -0.2) is 4.98 Å². The van der Waals surface area contributed by atoms with Crippen LogP contribution in [0.3, 0.4) is 0 Å². The number of aromatic nitrogens is 1. The van der Waals surface area contributed by atoms with Gasteiger partial charge in [0.1, 0.15) is 5.52 Å². The molecule has 0 saturated heterocycles. The highest BCUT2D eigenvalue weighted by atomic mass is 35.5. The zero-order valence-corrected chi connectivity index (χ0v) is 13.0. The number of fused-ring (bicyclic) bond motifs is 1. The van der Waals surface area contributed by atoms with Crippen molar-refractivity contribution >= 4 is 50.2 Å². The second kappa shape index (κ2) is 5.12. The maximum atomic E-state index is 6.31. The molecule has 98 valence electrons. The summed E-state index contributed by atoms with van der Waals surface area (Å²) in [7, 11) is 0. The number of thiophene rings is 1. The topological polar surface area (TPSA) is 24.9 Å². The number of aryl methyl sites for hydroxylation is 1. The van der Waals surface area contributed by atoms with Crippen LogP contribution in [0.4, 0.5) is 5.69 Å². The Kier molecular flexibility index (Phi) is 3.48. The molecule has 3 rings (SSSR count). The number of anilines is 1. The fourth-order valence-electron chi connectivity index (χ4n) is 2.15. The van der Waals surface area contributed by atoms with E-state index in [-0.39, 0.29) is 6.04 Å². The zero-order chi connectivity index (χ0) is 13.4. The molecular weight excluding hydrogens is 296 g/mol. The predicted molar refractivity (Wildman–Crippen MR) is 85.7 cm³/mol. The van der Waals surface area contributed by atoms with Gasteiger partial charge in [0.25, 0.3) is 0 Å². The second-order valence-corrected chi connectivity index (χ2v) is 6.70.